The number of nitrogens with two attached hydrogens (primary N) is 1. The minimum Gasteiger partial charge on any atom is -0.491 e. The molecule has 2 aromatic rings. The number of benzene rings is 2. The molecule has 2 N–H and O–H groups in total. The zero-order chi connectivity index (χ0) is 14.2. The van der Waals surface area contributed by atoms with E-state index in [0.29, 0.717) is 0 Å². The third-order valence-corrected chi connectivity index (χ3v) is 3.33. The summed E-state index contributed by atoms with van der Waals surface area (Å²) in [5, 5.41) is 0. The van der Waals surface area contributed by atoms with Gasteiger partial charge in [-0.15, -0.1) is 0 Å². The van der Waals surface area contributed by atoms with Crippen molar-refractivity contribution in [3.05, 3.63) is 65.7 Å². The average molecular weight is 269 g/mol. The highest BCUT2D eigenvalue weighted by atomic mass is 16.5. The minimum absolute atomic E-state index is 0.221. The fourth-order valence-electron chi connectivity index (χ4n) is 2.21. The van der Waals surface area contributed by atoms with E-state index < -0.39 is 0 Å². The average Bonchev–Trinajstić information content (AvgIpc) is 2.48. The summed E-state index contributed by atoms with van der Waals surface area (Å²) in [5.41, 5.74) is 8.14. The second-order valence-corrected chi connectivity index (χ2v) is 5.17. The van der Waals surface area contributed by atoms with Crippen LogP contribution >= 0.6 is 0 Å². The number of ether oxygens (including phenoxy) is 1. The van der Waals surface area contributed by atoms with Crippen LogP contribution in [0.1, 0.15) is 30.9 Å². The van der Waals surface area contributed by atoms with Crippen molar-refractivity contribution in [2.45, 2.75) is 32.3 Å². The van der Waals surface area contributed by atoms with Gasteiger partial charge in [-0.2, -0.15) is 0 Å². The smallest absolute Gasteiger partial charge is 0.119 e. The van der Waals surface area contributed by atoms with Crippen LogP contribution in [-0.2, 0) is 6.42 Å². The van der Waals surface area contributed by atoms with Crippen LogP contribution in [0.3, 0.4) is 0 Å². The van der Waals surface area contributed by atoms with Gasteiger partial charge in [-0.25, -0.2) is 0 Å². The van der Waals surface area contributed by atoms with Gasteiger partial charge >= 0.3 is 0 Å². The van der Waals surface area contributed by atoms with Gasteiger partial charge in [0.25, 0.3) is 0 Å². The summed E-state index contributed by atoms with van der Waals surface area (Å²) in [7, 11) is 0. The molecule has 0 spiro atoms. The summed E-state index contributed by atoms with van der Waals surface area (Å²) in [6.07, 6.45) is 3.19. The lowest BCUT2D eigenvalue weighted by Gasteiger charge is -2.14. The lowest BCUT2D eigenvalue weighted by molar-refractivity contribution is 0.208. The van der Waals surface area contributed by atoms with E-state index in [4.69, 9.17) is 10.5 Å². The number of hydrogen-bond donors (Lipinski definition) is 1. The summed E-state index contributed by atoms with van der Waals surface area (Å²) in [6, 6.07) is 18.9. The van der Waals surface area contributed by atoms with Crippen molar-refractivity contribution in [2.75, 3.05) is 6.54 Å². The van der Waals surface area contributed by atoms with Crippen molar-refractivity contribution in [2.24, 2.45) is 5.73 Å². The Morgan fingerprint density at radius 1 is 0.950 bits per heavy atom. The van der Waals surface area contributed by atoms with Crippen LogP contribution in [0.2, 0.25) is 0 Å². The fraction of sp³-hybridized carbons (Fsp3) is 0.333. The van der Waals surface area contributed by atoms with Crippen LogP contribution < -0.4 is 10.5 Å². The normalized spacial score (nSPS) is 12.1. The Morgan fingerprint density at radius 3 is 2.25 bits per heavy atom. The van der Waals surface area contributed by atoms with E-state index in [1.165, 1.54) is 11.1 Å². The molecule has 106 valence electrons. The molecule has 0 aromatic heterocycles. The molecule has 2 heteroatoms. The molecule has 0 heterocycles. The van der Waals surface area contributed by atoms with Gasteiger partial charge in [-0.1, -0.05) is 42.5 Å². The molecular formula is C18H23NO. The molecule has 0 aliphatic heterocycles. The lowest BCUT2D eigenvalue weighted by Crippen LogP contribution is -2.13. The predicted molar refractivity (Wildman–Crippen MR) is 84.1 cm³/mol. The summed E-state index contributed by atoms with van der Waals surface area (Å²) in [6.45, 7) is 2.82. The van der Waals surface area contributed by atoms with Gasteiger partial charge in [0.05, 0.1) is 6.10 Å². The van der Waals surface area contributed by atoms with E-state index in [0.717, 1.165) is 31.6 Å². The Bertz CT molecular complexity index is 493. The van der Waals surface area contributed by atoms with Gasteiger partial charge in [-0.3, -0.25) is 0 Å². The third-order valence-electron chi connectivity index (χ3n) is 3.33. The first-order chi connectivity index (χ1) is 9.78. The Hall–Kier alpha value is -1.80. The first-order valence-corrected chi connectivity index (χ1v) is 7.27. The molecule has 0 amide bonds. The highest BCUT2D eigenvalue weighted by Crippen LogP contribution is 2.17. The summed E-state index contributed by atoms with van der Waals surface area (Å²) in [5.74, 6) is 0.936. The molecule has 1 unspecified atom stereocenters. The maximum Gasteiger partial charge on any atom is 0.119 e. The van der Waals surface area contributed by atoms with Crippen LogP contribution in [0, 0.1) is 0 Å². The Balaban J connectivity index is 1.89. The van der Waals surface area contributed by atoms with E-state index in [1.54, 1.807) is 0 Å². The van der Waals surface area contributed by atoms with Crippen molar-refractivity contribution in [1.29, 1.82) is 0 Å². The molecule has 1 atom stereocenters. The van der Waals surface area contributed by atoms with E-state index in [1.807, 2.05) is 6.07 Å². The predicted octanol–water partition coefficient (Wildman–Crippen LogP) is 3.78. The Kier molecular flexibility index (Phi) is 5.63. The first-order valence-electron chi connectivity index (χ1n) is 7.27. The van der Waals surface area contributed by atoms with Crippen LogP contribution in [0.25, 0.3) is 0 Å². The Labute approximate surface area is 121 Å². The SMILES string of the molecule is CC(CCCN)Oc1ccc(Cc2ccccc2)cc1. The number of rotatable bonds is 7. The molecule has 2 rings (SSSR count). The van der Waals surface area contributed by atoms with Crippen molar-refractivity contribution in [1.82, 2.24) is 0 Å². The molecule has 0 bridgehead atoms. The second-order valence-electron chi connectivity index (χ2n) is 5.17. The van der Waals surface area contributed by atoms with Gasteiger partial charge in [-0.05, 0) is 56.0 Å². The number of hydrogen-bond acceptors (Lipinski definition) is 2. The summed E-state index contributed by atoms with van der Waals surface area (Å²) < 4.78 is 5.87. The van der Waals surface area contributed by atoms with Gasteiger partial charge in [0.2, 0.25) is 0 Å². The van der Waals surface area contributed by atoms with Crippen LogP contribution in [0.15, 0.2) is 54.6 Å². The summed E-state index contributed by atoms with van der Waals surface area (Å²) in [4.78, 5) is 0. The fourth-order valence-corrected chi connectivity index (χ4v) is 2.21. The monoisotopic (exact) mass is 269 g/mol. The molecule has 0 saturated carbocycles. The maximum absolute atomic E-state index is 5.87. The van der Waals surface area contributed by atoms with E-state index in [9.17, 15) is 0 Å². The quantitative estimate of drug-likeness (QED) is 0.830. The third kappa shape index (κ3) is 4.71. The molecule has 0 aliphatic carbocycles. The van der Waals surface area contributed by atoms with Crippen LogP contribution in [0.4, 0.5) is 0 Å². The standard InChI is InChI=1S/C18H23NO/c1-15(6-5-13-19)20-18-11-9-17(10-12-18)14-16-7-3-2-4-8-16/h2-4,7-12,15H,5-6,13-14,19H2,1H3. The van der Waals surface area contributed by atoms with Crippen molar-refractivity contribution >= 4 is 0 Å². The summed E-state index contributed by atoms with van der Waals surface area (Å²) >= 11 is 0. The van der Waals surface area contributed by atoms with Gasteiger partial charge in [0.1, 0.15) is 5.75 Å². The molecule has 2 nitrogen and oxygen atoms in total. The molecule has 0 saturated heterocycles. The Morgan fingerprint density at radius 2 is 1.60 bits per heavy atom. The van der Waals surface area contributed by atoms with E-state index in [2.05, 4.69) is 55.5 Å². The first kappa shape index (κ1) is 14.6. The van der Waals surface area contributed by atoms with Crippen molar-refractivity contribution in [3.8, 4) is 5.75 Å². The lowest BCUT2D eigenvalue weighted by atomic mass is 10.1. The highest BCUT2D eigenvalue weighted by Gasteiger charge is 2.03. The molecule has 0 radical (unpaired) electrons. The molecule has 2 aromatic carbocycles. The van der Waals surface area contributed by atoms with E-state index >= 15 is 0 Å². The zero-order valence-corrected chi connectivity index (χ0v) is 12.1. The molecule has 0 aliphatic rings. The second kappa shape index (κ2) is 7.71. The maximum atomic E-state index is 5.87. The molecular weight excluding hydrogens is 246 g/mol. The van der Waals surface area contributed by atoms with Gasteiger partial charge in [0.15, 0.2) is 0 Å². The van der Waals surface area contributed by atoms with Crippen molar-refractivity contribution < 1.29 is 4.74 Å². The zero-order valence-electron chi connectivity index (χ0n) is 12.1. The van der Waals surface area contributed by atoms with E-state index in [-0.39, 0.29) is 6.10 Å². The van der Waals surface area contributed by atoms with Crippen LogP contribution in [0.5, 0.6) is 5.75 Å². The minimum atomic E-state index is 0.221. The topological polar surface area (TPSA) is 35.2 Å². The van der Waals surface area contributed by atoms with Gasteiger partial charge in [0, 0.05) is 0 Å². The van der Waals surface area contributed by atoms with Gasteiger partial charge < -0.3 is 10.5 Å². The molecule has 20 heavy (non-hydrogen) atoms. The van der Waals surface area contributed by atoms with Crippen molar-refractivity contribution in [3.63, 3.8) is 0 Å². The van der Waals surface area contributed by atoms with Crippen LogP contribution in [-0.4, -0.2) is 12.6 Å². The largest absolute Gasteiger partial charge is 0.491 e. The molecule has 0 fully saturated rings. The highest BCUT2D eigenvalue weighted by molar-refractivity contribution is 5.31.